The van der Waals surface area contributed by atoms with Crippen molar-refractivity contribution in [3.63, 3.8) is 0 Å². The van der Waals surface area contributed by atoms with E-state index in [2.05, 4.69) is 0 Å². The summed E-state index contributed by atoms with van der Waals surface area (Å²) in [5.74, 6) is 0.364. The van der Waals surface area contributed by atoms with E-state index in [4.69, 9.17) is 4.74 Å². The van der Waals surface area contributed by atoms with Crippen molar-refractivity contribution in [2.45, 2.75) is 56.8 Å². The van der Waals surface area contributed by atoms with E-state index in [9.17, 15) is 9.90 Å². The van der Waals surface area contributed by atoms with Crippen LogP contribution in [0, 0.1) is 0 Å². The molecule has 1 atom stereocenters. The molecule has 0 saturated heterocycles. The maximum Gasteiger partial charge on any atom is 0.308 e. The van der Waals surface area contributed by atoms with Crippen molar-refractivity contribution < 1.29 is 14.6 Å². The summed E-state index contributed by atoms with van der Waals surface area (Å²) >= 11 is 1.81. The summed E-state index contributed by atoms with van der Waals surface area (Å²) in [6.07, 6.45) is 6.08. The molecule has 4 heteroatoms. The first kappa shape index (κ1) is 13.8. The molecule has 1 rings (SSSR count). The standard InChI is InChI=1S/C12H22O3S/c1-2-15-12(14)8-10(13)9-16-11-6-4-3-5-7-11/h10-11,13H,2-9H2,1H3. The molecule has 0 spiro atoms. The lowest BCUT2D eigenvalue weighted by Crippen LogP contribution is -2.20. The predicted octanol–water partition coefficient (Wildman–Crippen LogP) is 2.37. The smallest absolute Gasteiger partial charge is 0.308 e. The second-order valence-electron chi connectivity index (χ2n) is 4.26. The molecule has 1 unspecified atom stereocenters. The maximum absolute atomic E-state index is 11.1. The topological polar surface area (TPSA) is 46.5 Å². The summed E-state index contributed by atoms with van der Waals surface area (Å²) in [5, 5.41) is 10.3. The zero-order valence-corrected chi connectivity index (χ0v) is 10.8. The van der Waals surface area contributed by atoms with E-state index < -0.39 is 6.10 Å². The SMILES string of the molecule is CCOC(=O)CC(O)CSC1CCCCC1. The minimum absolute atomic E-state index is 0.133. The molecule has 0 aromatic heterocycles. The predicted molar refractivity (Wildman–Crippen MR) is 66.6 cm³/mol. The van der Waals surface area contributed by atoms with Crippen molar-refractivity contribution in [3.05, 3.63) is 0 Å². The van der Waals surface area contributed by atoms with E-state index >= 15 is 0 Å². The number of esters is 1. The highest BCUT2D eigenvalue weighted by Crippen LogP contribution is 2.28. The van der Waals surface area contributed by atoms with Crippen molar-refractivity contribution in [2.24, 2.45) is 0 Å². The van der Waals surface area contributed by atoms with Crippen LogP contribution in [-0.2, 0) is 9.53 Å². The van der Waals surface area contributed by atoms with E-state index in [1.54, 1.807) is 6.92 Å². The largest absolute Gasteiger partial charge is 0.466 e. The van der Waals surface area contributed by atoms with Crippen LogP contribution in [0.4, 0.5) is 0 Å². The molecule has 0 aromatic carbocycles. The minimum Gasteiger partial charge on any atom is -0.466 e. The van der Waals surface area contributed by atoms with Gasteiger partial charge in [-0.1, -0.05) is 19.3 Å². The first-order valence-electron chi connectivity index (χ1n) is 6.17. The number of aliphatic hydroxyl groups is 1. The van der Waals surface area contributed by atoms with Gasteiger partial charge >= 0.3 is 5.97 Å². The van der Waals surface area contributed by atoms with E-state index in [1.165, 1.54) is 32.1 Å². The van der Waals surface area contributed by atoms with Crippen LogP contribution in [0.1, 0.15) is 45.4 Å². The summed E-state index contributed by atoms with van der Waals surface area (Å²) in [6.45, 7) is 2.17. The molecule has 1 fully saturated rings. The number of thioether (sulfide) groups is 1. The first-order valence-corrected chi connectivity index (χ1v) is 7.22. The fourth-order valence-electron chi connectivity index (χ4n) is 1.95. The molecular formula is C12H22O3S. The number of carbonyl (C=O) groups is 1. The Bertz CT molecular complexity index is 202. The third-order valence-electron chi connectivity index (χ3n) is 2.78. The highest BCUT2D eigenvalue weighted by Gasteiger charge is 2.17. The molecule has 0 amide bonds. The Morgan fingerprint density at radius 2 is 2.12 bits per heavy atom. The number of ether oxygens (including phenoxy) is 1. The van der Waals surface area contributed by atoms with Gasteiger partial charge in [-0.3, -0.25) is 4.79 Å². The van der Waals surface area contributed by atoms with Crippen molar-refractivity contribution in [1.29, 1.82) is 0 Å². The van der Waals surface area contributed by atoms with Crippen molar-refractivity contribution in [2.75, 3.05) is 12.4 Å². The van der Waals surface area contributed by atoms with Crippen LogP contribution < -0.4 is 0 Å². The Labute approximate surface area is 102 Å². The molecule has 16 heavy (non-hydrogen) atoms. The molecular weight excluding hydrogens is 224 g/mol. The number of aliphatic hydroxyl groups excluding tert-OH is 1. The van der Waals surface area contributed by atoms with Gasteiger partial charge in [0.1, 0.15) is 0 Å². The highest BCUT2D eigenvalue weighted by atomic mass is 32.2. The Hall–Kier alpha value is -0.220. The summed E-state index contributed by atoms with van der Waals surface area (Å²) in [5.41, 5.74) is 0. The van der Waals surface area contributed by atoms with E-state index in [-0.39, 0.29) is 12.4 Å². The number of rotatable bonds is 6. The lowest BCUT2D eigenvalue weighted by Gasteiger charge is -2.22. The summed E-state index contributed by atoms with van der Waals surface area (Å²) in [7, 11) is 0. The number of carbonyl (C=O) groups excluding carboxylic acids is 1. The van der Waals surface area contributed by atoms with Gasteiger partial charge in [-0.25, -0.2) is 0 Å². The highest BCUT2D eigenvalue weighted by molar-refractivity contribution is 7.99. The maximum atomic E-state index is 11.1. The zero-order valence-electron chi connectivity index (χ0n) is 9.98. The van der Waals surface area contributed by atoms with Crippen LogP contribution in [0.5, 0.6) is 0 Å². The number of hydrogen-bond acceptors (Lipinski definition) is 4. The van der Waals surface area contributed by atoms with Crippen LogP contribution in [0.2, 0.25) is 0 Å². The molecule has 0 radical (unpaired) electrons. The van der Waals surface area contributed by atoms with Crippen LogP contribution in [-0.4, -0.2) is 34.8 Å². The molecule has 1 N–H and O–H groups in total. The third-order valence-corrected chi connectivity index (χ3v) is 4.30. The van der Waals surface area contributed by atoms with Crippen molar-refractivity contribution in [1.82, 2.24) is 0 Å². The normalized spacial score (nSPS) is 19.4. The molecule has 0 heterocycles. The summed E-state index contributed by atoms with van der Waals surface area (Å²) < 4.78 is 4.80. The van der Waals surface area contributed by atoms with Crippen LogP contribution in [0.3, 0.4) is 0 Å². The average molecular weight is 246 g/mol. The lowest BCUT2D eigenvalue weighted by atomic mass is 10.0. The Morgan fingerprint density at radius 1 is 1.44 bits per heavy atom. The van der Waals surface area contributed by atoms with Crippen LogP contribution in [0.25, 0.3) is 0 Å². The molecule has 0 aromatic rings. The van der Waals surface area contributed by atoms with Gasteiger partial charge in [0.2, 0.25) is 0 Å². The van der Waals surface area contributed by atoms with Gasteiger partial charge in [0.15, 0.2) is 0 Å². The van der Waals surface area contributed by atoms with Gasteiger partial charge in [0.25, 0.3) is 0 Å². The molecule has 3 nitrogen and oxygen atoms in total. The monoisotopic (exact) mass is 246 g/mol. The van der Waals surface area contributed by atoms with Crippen LogP contribution >= 0.6 is 11.8 Å². The molecule has 1 aliphatic rings. The molecule has 0 aliphatic heterocycles. The van der Waals surface area contributed by atoms with Gasteiger partial charge in [-0.05, 0) is 19.8 Å². The van der Waals surface area contributed by atoms with E-state index in [0.717, 1.165) is 0 Å². The lowest BCUT2D eigenvalue weighted by molar-refractivity contribution is -0.144. The van der Waals surface area contributed by atoms with Crippen LogP contribution in [0.15, 0.2) is 0 Å². The second kappa shape index (κ2) is 7.96. The Balaban J connectivity index is 2.08. The Kier molecular flexibility index (Phi) is 6.88. The van der Waals surface area contributed by atoms with Gasteiger partial charge in [-0.15, -0.1) is 0 Å². The fraction of sp³-hybridized carbons (Fsp3) is 0.917. The summed E-state index contributed by atoms with van der Waals surface area (Å²) in [6, 6.07) is 0. The van der Waals surface area contributed by atoms with Crippen molar-refractivity contribution in [3.8, 4) is 0 Å². The van der Waals surface area contributed by atoms with Gasteiger partial charge < -0.3 is 9.84 Å². The minimum atomic E-state index is -0.550. The van der Waals surface area contributed by atoms with Crippen molar-refractivity contribution >= 4 is 17.7 Å². The molecule has 1 saturated carbocycles. The first-order chi connectivity index (χ1) is 7.72. The second-order valence-corrected chi connectivity index (χ2v) is 5.59. The fourth-order valence-corrected chi connectivity index (χ4v) is 3.23. The molecule has 0 bridgehead atoms. The quantitative estimate of drug-likeness (QED) is 0.731. The van der Waals surface area contributed by atoms with Gasteiger partial charge in [0, 0.05) is 11.0 Å². The van der Waals surface area contributed by atoms with Gasteiger partial charge in [0.05, 0.1) is 19.1 Å². The average Bonchev–Trinajstić information content (AvgIpc) is 2.28. The summed E-state index contributed by atoms with van der Waals surface area (Å²) in [4.78, 5) is 11.1. The van der Waals surface area contributed by atoms with E-state index in [0.29, 0.717) is 17.6 Å². The Morgan fingerprint density at radius 3 is 2.75 bits per heavy atom. The third kappa shape index (κ3) is 5.75. The molecule has 1 aliphatic carbocycles. The molecule has 94 valence electrons. The van der Waals surface area contributed by atoms with Gasteiger partial charge in [-0.2, -0.15) is 11.8 Å². The zero-order chi connectivity index (χ0) is 11.8. The number of hydrogen-bond donors (Lipinski definition) is 1. The van der Waals surface area contributed by atoms with E-state index in [1.807, 2.05) is 11.8 Å².